The van der Waals surface area contributed by atoms with Gasteiger partial charge in [0.2, 0.25) is 0 Å². The van der Waals surface area contributed by atoms with E-state index < -0.39 is 28.9 Å². The quantitative estimate of drug-likeness (QED) is 0.424. The van der Waals surface area contributed by atoms with Gasteiger partial charge >= 0.3 is 5.97 Å². The van der Waals surface area contributed by atoms with Gasteiger partial charge in [-0.1, -0.05) is 6.92 Å². The van der Waals surface area contributed by atoms with Crippen LogP contribution in [0, 0.1) is 10.1 Å². The SMILES string of the molecule is CCC(C)(C)NC(=O)COC(=O)c1ccc(NC2CC2)c([N+](=O)[O-])c1. The summed E-state index contributed by atoms with van der Waals surface area (Å²) in [5.74, 6) is -1.19. The van der Waals surface area contributed by atoms with Gasteiger partial charge in [-0.15, -0.1) is 0 Å². The van der Waals surface area contributed by atoms with Crippen molar-refractivity contribution in [2.45, 2.75) is 51.6 Å². The Labute approximate surface area is 146 Å². The standard InChI is InChI=1S/C17H23N3O5/c1-4-17(2,3)19-15(21)10-25-16(22)11-5-8-13(18-12-6-7-12)14(9-11)20(23)24/h5,8-9,12,18H,4,6-7,10H2,1-3H3,(H,19,21). The highest BCUT2D eigenvalue weighted by molar-refractivity contribution is 5.93. The van der Waals surface area contributed by atoms with Crippen LogP contribution in [0.4, 0.5) is 11.4 Å². The smallest absolute Gasteiger partial charge is 0.338 e. The van der Waals surface area contributed by atoms with E-state index in [0.717, 1.165) is 19.3 Å². The third kappa shape index (κ3) is 5.44. The third-order valence-electron chi connectivity index (χ3n) is 4.06. The molecule has 8 nitrogen and oxygen atoms in total. The molecule has 0 spiro atoms. The molecule has 0 bridgehead atoms. The fourth-order valence-corrected chi connectivity index (χ4v) is 2.10. The molecule has 1 amide bonds. The van der Waals surface area contributed by atoms with Gasteiger partial charge in [-0.05, 0) is 45.2 Å². The van der Waals surface area contributed by atoms with Crippen molar-refractivity contribution in [1.29, 1.82) is 0 Å². The van der Waals surface area contributed by atoms with Gasteiger partial charge in [-0.2, -0.15) is 0 Å². The zero-order valence-electron chi connectivity index (χ0n) is 14.6. The van der Waals surface area contributed by atoms with Gasteiger partial charge in [0.05, 0.1) is 10.5 Å². The summed E-state index contributed by atoms with van der Waals surface area (Å²) in [6, 6.07) is 4.37. The normalized spacial score (nSPS) is 13.9. The number of anilines is 1. The molecule has 0 saturated heterocycles. The summed E-state index contributed by atoms with van der Waals surface area (Å²) in [4.78, 5) is 34.5. The molecule has 0 atom stereocenters. The first-order valence-electron chi connectivity index (χ1n) is 8.25. The van der Waals surface area contributed by atoms with Crippen LogP contribution in [0.2, 0.25) is 0 Å². The zero-order chi connectivity index (χ0) is 18.6. The second-order valence-electron chi connectivity index (χ2n) is 6.77. The van der Waals surface area contributed by atoms with Crippen LogP contribution >= 0.6 is 0 Å². The lowest BCUT2D eigenvalue weighted by Gasteiger charge is -2.24. The highest BCUT2D eigenvalue weighted by atomic mass is 16.6. The number of ether oxygens (including phenoxy) is 1. The maximum Gasteiger partial charge on any atom is 0.338 e. The second-order valence-corrected chi connectivity index (χ2v) is 6.77. The van der Waals surface area contributed by atoms with Crippen LogP contribution in [0.5, 0.6) is 0 Å². The number of nitro groups is 1. The molecule has 0 unspecified atom stereocenters. The summed E-state index contributed by atoms with van der Waals surface area (Å²) in [5.41, 5.74) is -0.154. The Morgan fingerprint density at radius 3 is 2.60 bits per heavy atom. The van der Waals surface area contributed by atoms with Crippen LogP contribution in [-0.4, -0.2) is 35.0 Å². The van der Waals surface area contributed by atoms with Gasteiger partial charge in [0.15, 0.2) is 6.61 Å². The Hall–Kier alpha value is -2.64. The topological polar surface area (TPSA) is 111 Å². The molecule has 2 rings (SSSR count). The van der Waals surface area contributed by atoms with Gasteiger partial charge in [-0.25, -0.2) is 4.79 Å². The zero-order valence-corrected chi connectivity index (χ0v) is 14.6. The minimum Gasteiger partial charge on any atom is -0.452 e. The van der Waals surface area contributed by atoms with E-state index in [2.05, 4.69) is 10.6 Å². The van der Waals surface area contributed by atoms with Crippen LogP contribution in [-0.2, 0) is 9.53 Å². The van der Waals surface area contributed by atoms with Crippen molar-refractivity contribution in [3.05, 3.63) is 33.9 Å². The monoisotopic (exact) mass is 349 g/mol. The van der Waals surface area contributed by atoms with E-state index in [1.54, 1.807) is 0 Å². The number of nitrogens with zero attached hydrogens (tertiary/aromatic N) is 1. The first-order valence-corrected chi connectivity index (χ1v) is 8.25. The Bertz CT molecular complexity index is 683. The van der Waals surface area contributed by atoms with E-state index in [1.165, 1.54) is 18.2 Å². The molecule has 136 valence electrons. The number of nitrogens with one attached hydrogen (secondary N) is 2. The number of rotatable bonds is 8. The average Bonchev–Trinajstić information content (AvgIpc) is 3.36. The van der Waals surface area contributed by atoms with E-state index in [-0.39, 0.29) is 17.3 Å². The largest absolute Gasteiger partial charge is 0.452 e. The van der Waals surface area contributed by atoms with Crippen molar-refractivity contribution >= 4 is 23.3 Å². The van der Waals surface area contributed by atoms with E-state index in [0.29, 0.717) is 5.69 Å². The van der Waals surface area contributed by atoms with Crippen molar-refractivity contribution in [3.8, 4) is 0 Å². The second kappa shape index (κ2) is 7.50. The molecule has 0 aromatic heterocycles. The molecule has 1 fully saturated rings. The summed E-state index contributed by atoms with van der Waals surface area (Å²) in [5, 5.41) is 17.0. The van der Waals surface area contributed by atoms with Gasteiger partial charge in [0.25, 0.3) is 11.6 Å². The molecule has 1 aliphatic carbocycles. The summed E-state index contributed by atoms with van der Waals surface area (Å²) >= 11 is 0. The predicted octanol–water partition coefficient (Wildman–Crippen LogP) is 2.63. The fourth-order valence-electron chi connectivity index (χ4n) is 2.10. The van der Waals surface area contributed by atoms with E-state index in [4.69, 9.17) is 4.74 Å². The van der Waals surface area contributed by atoms with Crippen molar-refractivity contribution in [2.24, 2.45) is 0 Å². The number of benzene rings is 1. The van der Waals surface area contributed by atoms with E-state index in [9.17, 15) is 19.7 Å². The summed E-state index contributed by atoms with van der Waals surface area (Å²) in [7, 11) is 0. The fraction of sp³-hybridized carbons (Fsp3) is 0.529. The highest BCUT2D eigenvalue weighted by Crippen LogP contribution is 2.31. The molecule has 2 N–H and O–H groups in total. The molecule has 1 saturated carbocycles. The number of amides is 1. The number of hydrogen-bond donors (Lipinski definition) is 2. The summed E-state index contributed by atoms with van der Waals surface area (Å²) < 4.78 is 4.95. The first-order chi connectivity index (χ1) is 11.7. The Balaban J connectivity index is 2.00. The summed E-state index contributed by atoms with van der Waals surface area (Å²) in [6.07, 6.45) is 2.68. The molecule has 25 heavy (non-hydrogen) atoms. The lowest BCUT2D eigenvalue weighted by Crippen LogP contribution is -2.44. The minimum atomic E-state index is -0.773. The number of carbonyl (C=O) groups excluding carboxylic acids is 2. The lowest BCUT2D eigenvalue weighted by atomic mass is 10.0. The van der Waals surface area contributed by atoms with Crippen LogP contribution in [0.3, 0.4) is 0 Å². The van der Waals surface area contributed by atoms with Gasteiger partial charge < -0.3 is 15.4 Å². The average molecular weight is 349 g/mol. The van der Waals surface area contributed by atoms with Gasteiger partial charge in [0, 0.05) is 17.6 Å². The minimum absolute atomic E-state index is 0.0376. The number of hydrogen-bond acceptors (Lipinski definition) is 6. The number of esters is 1. The molecule has 0 radical (unpaired) electrons. The third-order valence-corrected chi connectivity index (χ3v) is 4.06. The van der Waals surface area contributed by atoms with Gasteiger partial charge in [-0.3, -0.25) is 14.9 Å². The molecular formula is C17H23N3O5. The van der Waals surface area contributed by atoms with Crippen LogP contribution in [0.1, 0.15) is 50.4 Å². The van der Waals surface area contributed by atoms with Crippen LogP contribution < -0.4 is 10.6 Å². The summed E-state index contributed by atoms with van der Waals surface area (Å²) in [6.45, 7) is 5.23. The maximum atomic E-state index is 12.1. The molecular weight excluding hydrogens is 326 g/mol. The Kier molecular flexibility index (Phi) is 5.61. The predicted molar refractivity (Wildman–Crippen MR) is 92.5 cm³/mol. The van der Waals surface area contributed by atoms with Gasteiger partial charge in [0.1, 0.15) is 5.69 Å². The first kappa shape index (κ1) is 18.7. The van der Waals surface area contributed by atoms with Crippen molar-refractivity contribution in [3.63, 3.8) is 0 Å². The molecule has 1 aromatic rings. The van der Waals surface area contributed by atoms with E-state index in [1.807, 2.05) is 20.8 Å². The van der Waals surface area contributed by atoms with E-state index >= 15 is 0 Å². The maximum absolute atomic E-state index is 12.1. The molecule has 0 aliphatic heterocycles. The molecule has 1 aromatic carbocycles. The van der Waals surface area contributed by atoms with Crippen molar-refractivity contribution in [2.75, 3.05) is 11.9 Å². The lowest BCUT2D eigenvalue weighted by molar-refractivity contribution is -0.384. The van der Waals surface area contributed by atoms with Crippen LogP contribution in [0.15, 0.2) is 18.2 Å². The van der Waals surface area contributed by atoms with Crippen molar-refractivity contribution < 1.29 is 19.2 Å². The molecule has 0 heterocycles. The highest BCUT2D eigenvalue weighted by Gasteiger charge is 2.26. The Morgan fingerprint density at radius 1 is 1.36 bits per heavy atom. The Morgan fingerprint density at radius 2 is 2.04 bits per heavy atom. The van der Waals surface area contributed by atoms with Crippen molar-refractivity contribution in [1.82, 2.24) is 5.32 Å². The number of nitro benzene ring substituents is 1. The number of carbonyl (C=O) groups is 2. The molecule has 1 aliphatic rings. The molecule has 8 heteroatoms. The van der Waals surface area contributed by atoms with Crippen LogP contribution in [0.25, 0.3) is 0 Å².